The maximum absolute atomic E-state index is 13.3. The van der Waals surface area contributed by atoms with E-state index >= 15 is 0 Å². The summed E-state index contributed by atoms with van der Waals surface area (Å²) in [5, 5.41) is 2.35. The monoisotopic (exact) mass is 242 g/mol. The van der Waals surface area contributed by atoms with Crippen LogP contribution in [0.1, 0.15) is 19.8 Å². The normalized spacial score (nSPS) is 12.2. The van der Waals surface area contributed by atoms with E-state index in [1.54, 1.807) is 0 Å². The third-order valence-corrected chi connectivity index (χ3v) is 2.50. The number of anilines is 1. The van der Waals surface area contributed by atoms with Crippen LogP contribution in [0.5, 0.6) is 0 Å². The second kappa shape index (κ2) is 6.30. The SMILES string of the molecule is CCCC(CN)C(=O)Nc1cccc(F)c1F. The maximum atomic E-state index is 13.3. The van der Waals surface area contributed by atoms with E-state index in [4.69, 9.17) is 5.73 Å². The van der Waals surface area contributed by atoms with Gasteiger partial charge in [-0.05, 0) is 18.6 Å². The van der Waals surface area contributed by atoms with Crippen molar-refractivity contribution < 1.29 is 13.6 Å². The predicted molar refractivity (Wildman–Crippen MR) is 62.4 cm³/mol. The van der Waals surface area contributed by atoms with Gasteiger partial charge in [-0.2, -0.15) is 0 Å². The molecular formula is C12H16F2N2O. The molecule has 1 aromatic rings. The lowest BCUT2D eigenvalue weighted by Crippen LogP contribution is -2.29. The van der Waals surface area contributed by atoms with Crippen molar-refractivity contribution in [1.82, 2.24) is 0 Å². The molecule has 1 unspecified atom stereocenters. The van der Waals surface area contributed by atoms with Gasteiger partial charge in [0.2, 0.25) is 5.91 Å². The minimum Gasteiger partial charge on any atom is -0.330 e. The summed E-state index contributed by atoms with van der Waals surface area (Å²) in [7, 11) is 0. The predicted octanol–water partition coefficient (Wildman–Crippen LogP) is 2.28. The average molecular weight is 242 g/mol. The molecular weight excluding hydrogens is 226 g/mol. The molecule has 0 spiro atoms. The minimum absolute atomic E-state index is 0.149. The number of nitrogens with two attached hydrogens (primary N) is 1. The molecule has 0 fully saturated rings. The quantitative estimate of drug-likeness (QED) is 0.832. The van der Waals surface area contributed by atoms with Crippen LogP contribution in [-0.2, 0) is 4.79 Å². The number of nitrogens with one attached hydrogen (secondary N) is 1. The van der Waals surface area contributed by atoms with E-state index in [0.717, 1.165) is 12.5 Å². The third-order valence-electron chi connectivity index (χ3n) is 2.50. The standard InChI is InChI=1S/C12H16F2N2O/c1-2-4-8(7-15)12(17)16-10-6-3-5-9(13)11(10)14/h3,5-6,8H,2,4,7,15H2,1H3,(H,16,17). The van der Waals surface area contributed by atoms with E-state index in [-0.39, 0.29) is 24.1 Å². The summed E-state index contributed by atoms with van der Waals surface area (Å²) in [5.41, 5.74) is 5.30. The first-order valence-electron chi connectivity index (χ1n) is 5.55. The smallest absolute Gasteiger partial charge is 0.228 e. The molecule has 5 heteroatoms. The Bertz CT molecular complexity index is 396. The highest BCUT2D eigenvalue weighted by molar-refractivity contribution is 5.92. The molecule has 94 valence electrons. The van der Waals surface area contributed by atoms with Crippen LogP contribution in [0.2, 0.25) is 0 Å². The molecule has 1 rings (SSSR count). The first-order chi connectivity index (χ1) is 8.10. The number of halogens is 2. The van der Waals surface area contributed by atoms with Crippen LogP contribution in [0.4, 0.5) is 14.5 Å². The molecule has 3 N–H and O–H groups in total. The van der Waals surface area contributed by atoms with Crippen LogP contribution in [0.15, 0.2) is 18.2 Å². The number of amides is 1. The first kappa shape index (κ1) is 13.6. The molecule has 0 saturated heterocycles. The third kappa shape index (κ3) is 3.49. The fourth-order valence-corrected chi connectivity index (χ4v) is 1.54. The lowest BCUT2D eigenvalue weighted by molar-refractivity contribution is -0.119. The van der Waals surface area contributed by atoms with E-state index in [9.17, 15) is 13.6 Å². The van der Waals surface area contributed by atoms with Crippen LogP contribution in [0.3, 0.4) is 0 Å². The lowest BCUT2D eigenvalue weighted by atomic mass is 10.0. The Morgan fingerprint density at radius 3 is 2.76 bits per heavy atom. The van der Waals surface area contributed by atoms with E-state index in [1.165, 1.54) is 12.1 Å². The zero-order chi connectivity index (χ0) is 12.8. The van der Waals surface area contributed by atoms with Gasteiger partial charge in [0.25, 0.3) is 0 Å². The fraction of sp³-hybridized carbons (Fsp3) is 0.417. The molecule has 0 bridgehead atoms. The summed E-state index contributed by atoms with van der Waals surface area (Å²) in [4.78, 5) is 11.7. The first-order valence-corrected chi connectivity index (χ1v) is 5.55. The summed E-state index contributed by atoms with van der Waals surface area (Å²) in [6, 6.07) is 3.65. The molecule has 0 aliphatic carbocycles. The largest absolute Gasteiger partial charge is 0.330 e. The highest BCUT2D eigenvalue weighted by Gasteiger charge is 2.18. The van der Waals surface area contributed by atoms with Gasteiger partial charge in [-0.25, -0.2) is 8.78 Å². The molecule has 3 nitrogen and oxygen atoms in total. The molecule has 0 aromatic heterocycles. The average Bonchev–Trinajstić information content (AvgIpc) is 2.31. The maximum Gasteiger partial charge on any atom is 0.228 e. The van der Waals surface area contributed by atoms with Crippen LogP contribution in [0.25, 0.3) is 0 Å². The molecule has 0 aliphatic heterocycles. The van der Waals surface area contributed by atoms with Crippen molar-refractivity contribution in [3.8, 4) is 0 Å². The molecule has 1 atom stereocenters. The zero-order valence-electron chi connectivity index (χ0n) is 9.67. The fourth-order valence-electron chi connectivity index (χ4n) is 1.54. The van der Waals surface area contributed by atoms with Crippen molar-refractivity contribution in [2.75, 3.05) is 11.9 Å². The molecule has 17 heavy (non-hydrogen) atoms. The molecule has 0 saturated carbocycles. The van der Waals surface area contributed by atoms with Gasteiger partial charge >= 0.3 is 0 Å². The Morgan fingerprint density at radius 2 is 2.18 bits per heavy atom. The Hall–Kier alpha value is -1.49. The van der Waals surface area contributed by atoms with Crippen molar-refractivity contribution in [2.45, 2.75) is 19.8 Å². The lowest BCUT2D eigenvalue weighted by Gasteiger charge is -2.14. The van der Waals surface area contributed by atoms with Crippen molar-refractivity contribution >= 4 is 11.6 Å². The Kier molecular flexibility index (Phi) is 5.03. The molecule has 1 aromatic carbocycles. The van der Waals surface area contributed by atoms with Gasteiger partial charge < -0.3 is 11.1 Å². The van der Waals surface area contributed by atoms with Crippen LogP contribution < -0.4 is 11.1 Å². The molecule has 0 heterocycles. The Morgan fingerprint density at radius 1 is 1.47 bits per heavy atom. The summed E-state index contributed by atoms with van der Waals surface area (Å²) < 4.78 is 26.2. The Labute approximate surface area is 99.0 Å². The molecule has 0 radical (unpaired) electrons. The minimum atomic E-state index is -1.05. The van der Waals surface area contributed by atoms with Crippen LogP contribution in [-0.4, -0.2) is 12.5 Å². The highest BCUT2D eigenvalue weighted by Crippen LogP contribution is 2.18. The van der Waals surface area contributed by atoms with E-state index in [0.29, 0.717) is 6.42 Å². The summed E-state index contributed by atoms with van der Waals surface area (Å²) >= 11 is 0. The van der Waals surface area contributed by atoms with Crippen molar-refractivity contribution in [3.63, 3.8) is 0 Å². The van der Waals surface area contributed by atoms with Gasteiger partial charge in [-0.1, -0.05) is 19.4 Å². The number of benzene rings is 1. The number of rotatable bonds is 5. The van der Waals surface area contributed by atoms with Crippen LogP contribution >= 0.6 is 0 Å². The summed E-state index contributed by atoms with van der Waals surface area (Å²) in [6.45, 7) is 2.12. The molecule has 0 aliphatic rings. The van der Waals surface area contributed by atoms with Gasteiger partial charge in [-0.15, -0.1) is 0 Å². The van der Waals surface area contributed by atoms with Gasteiger partial charge in [0.15, 0.2) is 11.6 Å². The number of hydrogen-bond acceptors (Lipinski definition) is 2. The number of carbonyl (C=O) groups excluding carboxylic acids is 1. The summed E-state index contributed by atoms with van der Waals surface area (Å²) in [5.74, 6) is -2.78. The van der Waals surface area contributed by atoms with Gasteiger partial charge in [0.05, 0.1) is 11.6 Å². The number of carbonyl (C=O) groups is 1. The van der Waals surface area contributed by atoms with Crippen molar-refractivity contribution in [3.05, 3.63) is 29.8 Å². The topological polar surface area (TPSA) is 55.1 Å². The highest BCUT2D eigenvalue weighted by atomic mass is 19.2. The van der Waals surface area contributed by atoms with Crippen LogP contribution in [0, 0.1) is 17.6 Å². The van der Waals surface area contributed by atoms with E-state index < -0.39 is 11.6 Å². The second-order valence-electron chi connectivity index (χ2n) is 3.81. The molecule has 1 amide bonds. The van der Waals surface area contributed by atoms with Gasteiger partial charge in [0, 0.05) is 6.54 Å². The van der Waals surface area contributed by atoms with E-state index in [1.807, 2.05) is 6.92 Å². The van der Waals surface area contributed by atoms with Gasteiger partial charge in [-0.3, -0.25) is 4.79 Å². The van der Waals surface area contributed by atoms with E-state index in [2.05, 4.69) is 5.32 Å². The number of hydrogen-bond donors (Lipinski definition) is 2. The zero-order valence-corrected chi connectivity index (χ0v) is 9.67. The van der Waals surface area contributed by atoms with Crippen molar-refractivity contribution in [1.29, 1.82) is 0 Å². The second-order valence-corrected chi connectivity index (χ2v) is 3.81. The van der Waals surface area contributed by atoms with Gasteiger partial charge in [0.1, 0.15) is 0 Å². The summed E-state index contributed by atoms with van der Waals surface area (Å²) in [6.07, 6.45) is 1.43. The Balaban J connectivity index is 2.76. The van der Waals surface area contributed by atoms with Crippen molar-refractivity contribution in [2.24, 2.45) is 11.7 Å².